The van der Waals surface area contributed by atoms with Crippen LogP contribution in [0.25, 0.3) is 10.9 Å². The van der Waals surface area contributed by atoms with E-state index in [1.165, 1.54) is 36.5 Å². The summed E-state index contributed by atoms with van der Waals surface area (Å²) in [6.07, 6.45) is 2.24. The van der Waals surface area contributed by atoms with E-state index in [1.54, 1.807) is 29.2 Å². The molecule has 1 aromatic heterocycles. The highest BCUT2D eigenvalue weighted by Gasteiger charge is 2.19. The lowest BCUT2D eigenvalue weighted by Crippen LogP contribution is -2.35. The number of fused-ring (bicyclic) bond motifs is 1. The maximum atomic E-state index is 14.1. The summed E-state index contributed by atoms with van der Waals surface area (Å²) in [5.74, 6) is -3.28. The molecule has 0 unspecified atom stereocenters. The van der Waals surface area contributed by atoms with Crippen molar-refractivity contribution in [2.75, 3.05) is 24.4 Å². The monoisotopic (exact) mass is 556 g/mol. The highest BCUT2D eigenvalue weighted by molar-refractivity contribution is 7.93. The lowest BCUT2D eigenvalue weighted by Gasteiger charge is -2.22. The van der Waals surface area contributed by atoms with Gasteiger partial charge in [0.05, 0.1) is 5.52 Å². The van der Waals surface area contributed by atoms with Crippen LogP contribution in [0.2, 0.25) is 0 Å². The third kappa shape index (κ3) is 6.92. The topological polar surface area (TPSA) is 91.4 Å². The minimum atomic E-state index is -3.93. The van der Waals surface area contributed by atoms with Crippen LogP contribution in [-0.2, 0) is 16.6 Å². The van der Waals surface area contributed by atoms with Crippen molar-refractivity contribution in [2.45, 2.75) is 24.8 Å². The van der Waals surface area contributed by atoms with Gasteiger partial charge in [0.2, 0.25) is 0 Å². The molecule has 0 saturated carbocycles. The fraction of sp³-hybridized carbons (Fsp3) is 0.214. The first-order valence-electron chi connectivity index (χ1n) is 12.3. The van der Waals surface area contributed by atoms with Crippen molar-refractivity contribution in [2.24, 2.45) is 0 Å². The van der Waals surface area contributed by atoms with Crippen molar-refractivity contribution in [3.63, 3.8) is 0 Å². The Labute approximate surface area is 224 Å². The van der Waals surface area contributed by atoms with Gasteiger partial charge < -0.3 is 5.32 Å². The number of carbonyl (C=O) groups is 1. The zero-order valence-corrected chi connectivity index (χ0v) is 21.9. The molecule has 0 fully saturated rings. The Morgan fingerprint density at radius 1 is 0.949 bits per heavy atom. The number of carbonyl (C=O) groups excluding carboxylic acids is 1. The number of benzene rings is 3. The summed E-state index contributed by atoms with van der Waals surface area (Å²) < 4.78 is 69.8. The molecule has 39 heavy (non-hydrogen) atoms. The molecular formula is C28H27F3N4O3S. The number of halogens is 3. The van der Waals surface area contributed by atoms with Gasteiger partial charge in [-0.15, -0.1) is 0 Å². The lowest BCUT2D eigenvalue weighted by molar-refractivity contribution is 0.0947. The Morgan fingerprint density at radius 3 is 2.33 bits per heavy atom. The van der Waals surface area contributed by atoms with Crippen LogP contribution in [0, 0.1) is 17.5 Å². The summed E-state index contributed by atoms with van der Waals surface area (Å²) in [5.41, 5.74) is 0.707. The van der Waals surface area contributed by atoms with Gasteiger partial charge in [-0.1, -0.05) is 25.1 Å². The zero-order chi connectivity index (χ0) is 28.0. The van der Waals surface area contributed by atoms with E-state index < -0.39 is 33.4 Å². The van der Waals surface area contributed by atoms with E-state index >= 15 is 0 Å². The number of nitrogens with zero attached hydrogens (tertiary/aromatic N) is 2. The first-order valence-corrected chi connectivity index (χ1v) is 13.8. The molecule has 4 rings (SSSR count). The van der Waals surface area contributed by atoms with Gasteiger partial charge in [-0.2, -0.15) is 0 Å². The van der Waals surface area contributed by atoms with E-state index in [9.17, 15) is 26.4 Å². The number of nitrogens with one attached hydrogen (secondary N) is 2. The minimum absolute atomic E-state index is 0.0412. The Bertz CT molecular complexity index is 1550. The van der Waals surface area contributed by atoms with Crippen LogP contribution in [0.5, 0.6) is 0 Å². The predicted octanol–water partition coefficient (Wildman–Crippen LogP) is 5.09. The van der Waals surface area contributed by atoms with E-state index in [1.807, 2.05) is 6.92 Å². The van der Waals surface area contributed by atoms with Crippen LogP contribution < -0.4 is 10.0 Å². The van der Waals surface area contributed by atoms with E-state index in [0.29, 0.717) is 48.1 Å². The molecule has 0 saturated heterocycles. The molecule has 204 valence electrons. The number of anilines is 1. The van der Waals surface area contributed by atoms with Gasteiger partial charge in [-0.3, -0.25) is 19.4 Å². The molecule has 11 heteroatoms. The second-order valence-electron chi connectivity index (χ2n) is 8.89. The minimum Gasteiger partial charge on any atom is -0.351 e. The fourth-order valence-corrected chi connectivity index (χ4v) is 5.39. The third-order valence-corrected chi connectivity index (χ3v) is 7.44. The Balaban J connectivity index is 1.36. The lowest BCUT2D eigenvalue weighted by atomic mass is 10.1. The highest BCUT2D eigenvalue weighted by Crippen LogP contribution is 2.23. The maximum Gasteiger partial charge on any atom is 0.264 e. The average molecular weight is 557 g/mol. The fourth-order valence-electron chi connectivity index (χ4n) is 4.16. The van der Waals surface area contributed by atoms with Crippen molar-refractivity contribution in [3.05, 3.63) is 102 Å². The van der Waals surface area contributed by atoms with E-state index in [2.05, 4.69) is 15.0 Å². The largest absolute Gasteiger partial charge is 0.351 e. The number of pyridine rings is 1. The van der Waals surface area contributed by atoms with Crippen LogP contribution in [0.4, 0.5) is 18.9 Å². The SMILES string of the molecule is CCCN(CCNC(=O)c1ccc(NS(=O)(=O)c2cccc3cccnc23)cc1)Cc1c(F)cc(F)cc1F. The Hall–Kier alpha value is -3.96. The molecule has 4 aromatic rings. The maximum absolute atomic E-state index is 14.1. The predicted molar refractivity (Wildman–Crippen MR) is 143 cm³/mol. The Kier molecular flexibility index (Phi) is 8.82. The molecular weight excluding hydrogens is 529 g/mol. The van der Waals surface area contributed by atoms with E-state index in [4.69, 9.17) is 0 Å². The van der Waals surface area contributed by atoms with Gasteiger partial charge in [0.15, 0.2) is 0 Å². The molecule has 7 nitrogen and oxygen atoms in total. The number of hydrogen-bond donors (Lipinski definition) is 2. The second-order valence-corrected chi connectivity index (χ2v) is 10.5. The van der Waals surface area contributed by atoms with Crippen molar-refractivity contribution in [1.82, 2.24) is 15.2 Å². The number of para-hydroxylation sites is 1. The van der Waals surface area contributed by atoms with Crippen LogP contribution in [0.15, 0.2) is 77.8 Å². The van der Waals surface area contributed by atoms with Gasteiger partial charge in [-0.25, -0.2) is 21.6 Å². The van der Waals surface area contributed by atoms with Gasteiger partial charge in [0.1, 0.15) is 22.3 Å². The van der Waals surface area contributed by atoms with Crippen molar-refractivity contribution >= 4 is 32.5 Å². The summed E-state index contributed by atoms with van der Waals surface area (Å²) >= 11 is 0. The average Bonchev–Trinajstić information content (AvgIpc) is 2.90. The van der Waals surface area contributed by atoms with Gasteiger partial charge >= 0.3 is 0 Å². The molecule has 0 aliphatic rings. The Morgan fingerprint density at radius 2 is 1.64 bits per heavy atom. The number of aromatic nitrogens is 1. The van der Waals surface area contributed by atoms with Crippen molar-refractivity contribution < 1.29 is 26.4 Å². The highest BCUT2D eigenvalue weighted by atomic mass is 32.2. The number of sulfonamides is 1. The summed E-state index contributed by atoms with van der Waals surface area (Å²) in [6.45, 7) is 2.88. The van der Waals surface area contributed by atoms with Gasteiger partial charge in [0, 0.05) is 60.2 Å². The third-order valence-electron chi connectivity index (χ3n) is 6.03. The standard InChI is InChI=1S/C28H27F3N4O3S/c1-2-14-35(18-23-24(30)16-21(29)17-25(23)31)15-13-33-28(36)20-8-10-22(11-9-20)34-39(37,38)26-7-3-5-19-6-4-12-32-27(19)26/h3-12,16-17,34H,2,13-15,18H2,1H3,(H,33,36). The normalized spacial score (nSPS) is 11.6. The first kappa shape index (κ1) is 28.1. The molecule has 1 amide bonds. The van der Waals surface area contributed by atoms with Crippen molar-refractivity contribution in [1.29, 1.82) is 0 Å². The summed E-state index contributed by atoms with van der Waals surface area (Å²) in [4.78, 5) is 18.6. The molecule has 0 aliphatic heterocycles. The van der Waals surface area contributed by atoms with Gasteiger partial charge in [-0.05, 0) is 49.4 Å². The van der Waals surface area contributed by atoms with Crippen LogP contribution in [0.3, 0.4) is 0 Å². The molecule has 2 N–H and O–H groups in total. The molecule has 0 atom stereocenters. The quantitative estimate of drug-likeness (QED) is 0.268. The molecule has 0 aliphatic carbocycles. The second kappa shape index (κ2) is 12.3. The molecule has 0 spiro atoms. The number of rotatable bonds is 11. The summed E-state index contributed by atoms with van der Waals surface area (Å²) in [6, 6.07) is 15.6. The smallest absolute Gasteiger partial charge is 0.264 e. The van der Waals surface area contributed by atoms with Crippen LogP contribution in [-0.4, -0.2) is 43.8 Å². The number of hydrogen-bond acceptors (Lipinski definition) is 5. The number of amides is 1. The van der Waals surface area contributed by atoms with E-state index in [0.717, 1.165) is 0 Å². The summed E-state index contributed by atoms with van der Waals surface area (Å²) in [7, 11) is -3.93. The molecule has 1 heterocycles. The van der Waals surface area contributed by atoms with Crippen LogP contribution in [0.1, 0.15) is 29.3 Å². The van der Waals surface area contributed by atoms with Gasteiger partial charge in [0.25, 0.3) is 15.9 Å². The van der Waals surface area contributed by atoms with Crippen molar-refractivity contribution in [3.8, 4) is 0 Å². The molecule has 3 aromatic carbocycles. The molecule has 0 radical (unpaired) electrons. The zero-order valence-electron chi connectivity index (χ0n) is 21.1. The molecule has 0 bridgehead atoms. The first-order chi connectivity index (χ1) is 18.7. The van der Waals surface area contributed by atoms with Crippen LogP contribution >= 0.6 is 0 Å². The van der Waals surface area contributed by atoms with E-state index in [-0.39, 0.29) is 29.2 Å². The summed E-state index contributed by atoms with van der Waals surface area (Å²) in [5, 5.41) is 3.44.